The molecule has 2 aliphatic heterocycles. The lowest BCUT2D eigenvalue weighted by Gasteiger charge is -2.22. The smallest absolute Gasteiger partial charge is 0.496 e. The number of carbonyl (C=O) groups excluding carboxylic acids is 8. The number of methoxy groups -OCH3 is 1. The first-order valence-corrected chi connectivity index (χ1v) is 48.4. The Morgan fingerprint density at radius 2 is 0.839 bits per heavy atom. The van der Waals surface area contributed by atoms with Gasteiger partial charge in [0.15, 0.2) is 32.9 Å². The van der Waals surface area contributed by atoms with Crippen LogP contribution in [0.5, 0.6) is 23.0 Å². The number of pyridine rings is 1. The molecule has 8 amide bonds. The topological polar surface area (TPSA) is 566 Å². The normalized spacial score (nSPS) is 11.9. The minimum Gasteiger partial charge on any atom is -0.496 e. The average molecular weight is 2060 g/mol. The molecule has 19 rings (SSSR count). The van der Waals surface area contributed by atoms with Crippen LogP contribution < -0.4 is 84.2 Å². The van der Waals surface area contributed by atoms with Gasteiger partial charge in [0.25, 0.3) is 47.3 Å². The van der Waals surface area contributed by atoms with Crippen molar-refractivity contribution in [2.75, 3.05) is 57.6 Å². The number of ether oxygens (including phenoxy) is 4. The number of nitrogen functional groups attached to an aromatic ring is 1. The van der Waals surface area contributed by atoms with E-state index in [1.807, 2.05) is 124 Å². The van der Waals surface area contributed by atoms with Crippen molar-refractivity contribution in [2.24, 2.45) is 10.9 Å². The van der Waals surface area contributed by atoms with Gasteiger partial charge in [-0.25, -0.2) is 46.8 Å². The molecule has 0 radical (unpaired) electrons. The van der Waals surface area contributed by atoms with Crippen molar-refractivity contribution in [2.45, 2.75) is 85.3 Å². The second-order valence-corrected chi connectivity index (χ2v) is 37.7. The third kappa shape index (κ3) is 24.8. The second-order valence-electron chi connectivity index (χ2n) is 34.2. The predicted octanol–water partition coefficient (Wildman–Crippen LogP) is 18.1. The Labute approximate surface area is 846 Å². The first-order chi connectivity index (χ1) is 70.6. The number of nitrogens with one attached hydrogen (secondary N) is 7. The number of primary sulfonamides is 1. The standard InChI is InChI=1S/C19H20N2O5S.C19H16N2O5.C19H16N2O4.C17H11F2NO6S.C17H15N3O3.C17H16N2O2/c1-11-8-16-14(18(25-3)12(11)2)9-13(10-26-16)19(22)21-15-6-4-5-7-17(15)27(20,23)24;1-10-7-12-9-14(19(24)26-16(12)8-11(10)2)17(22)20-15-6-4-3-5-13(15)18(23)21-25;1-10-7-12-9-14(19(24)25-16(12)8-11(10)2)18(23)21-15-6-4-3-5-13(15)17(20)22;1-27(22,23)15-5-3-2-4-10(15)20-16(21)14-7-9-6-12-13(8-11(9)24-14)26-17(18,19)25-12;1-10-7-15-18-14(9-20(15)8-11(10)2)16(21)19-13-6-4-3-5-12(13)17(22)23;1-10-7-12-9-16(21-15(12)8-11(10)2)17(20)19-14-6-4-3-5-13(14)18/h4-9H,10H2,1-3H3,(H,21,22)(H2,20,23,24);3-9,25H,1-2H3,(H,20,22)(H,21,23);3-9H,1-2H3,(H2,20,22)(H,21,23);2-8H,1H3,(H,20,21);3-9H,1-2H3,(H,19,21)(H,22,23);3-9H,18H2,1-2H3,(H,19,20). The van der Waals surface area contributed by atoms with E-state index >= 15 is 0 Å². The molecule has 0 atom stereocenters. The fraction of sp³-hybridized carbons (Fsp3) is 0.130. The van der Waals surface area contributed by atoms with Gasteiger partial charge in [0.2, 0.25) is 10.0 Å². The number of halogens is 2. The number of hydrogen-bond donors (Lipinski definition) is 12. The third-order valence-electron chi connectivity index (χ3n) is 23.6. The number of imidazole rings is 1. The molecule has 0 spiro atoms. The molecule has 41 heteroatoms. The van der Waals surface area contributed by atoms with Gasteiger partial charge in [-0.15, -0.1) is 8.78 Å². The van der Waals surface area contributed by atoms with E-state index in [0.717, 1.165) is 61.7 Å². The highest BCUT2D eigenvalue weighted by atomic mass is 32.2. The summed E-state index contributed by atoms with van der Waals surface area (Å²) in [7, 11) is -5.96. The molecule has 149 heavy (non-hydrogen) atoms. The largest absolute Gasteiger partial charge is 0.586 e. The molecule has 0 saturated heterocycles. The van der Waals surface area contributed by atoms with E-state index in [0.29, 0.717) is 72.6 Å². The molecule has 0 bridgehead atoms. The number of aromatic carboxylic acids is 1. The Hall–Kier alpha value is -18.7. The zero-order valence-corrected chi connectivity index (χ0v) is 83.0. The summed E-state index contributed by atoms with van der Waals surface area (Å²) in [6, 6.07) is 61.1. The Bertz CT molecular complexity index is 8630. The van der Waals surface area contributed by atoms with Crippen LogP contribution in [0.4, 0.5) is 48.6 Å². The van der Waals surface area contributed by atoms with E-state index in [1.54, 1.807) is 109 Å². The molecule has 0 fully saturated rings. The number of amides is 8. The number of aromatic nitrogens is 2. The number of sulfone groups is 1. The van der Waals surface area contributed by atoms with E-state index in [-0.39, 0.29) is 113 Å². The lowest BCUT2D eigenvalue weighted by atomic mass is 9.99. The van der Waals surface area contributed by atoms with Crippen LogP contribution in [0, 0.1) is 69.2 Å². The Kier molecular flexibility index (Phi) is 31.5. The number of para-hydroxylation sites is 7. The molecule has 2 aliphatic rings. The molecule has 37 nitrogen and oxygen atoms in total. The number of hydroxylamine groups is 1. The second kappa shape index (κ2) is 44.2. The summed E-state index contributed by atoms with van der Waals surface area (Å²) in [4.78, 5) is 137. The summed E-state index contributed by atoms with van der Waals surface area (Å²) in [5.74, 6) is -4.83. The number of alkyl halides is 2. The number of aryl methyl sites for hydroxylation is 9. The number of nitrogens with two attached hydrogens (primary N) is 3. The van der Waals surface area contributed by atoms with Gasteiger partial charge in [-0.05, 0) is 283 Å². The number of furan rings is 2. The molecule has 17 aromatic rings. The van der Waals surface area contributed by atoms with Gasteiger partial charge in [0.1, 0.15) is 67.8 Å². The first-order valence-electron chi connectivity index (χ1n) is 44.9. The van der Waals surface area contributed by atoms with Crippen molar-refractivity contribution >= 4 is 168 Å². The average Bonchev–Trinajstić information content (AvgIpc) is 1.63. The minimum absolute atomic E-state index is 0.0382. The van der Waals surface area contributed by atoms with Crippen LogP contribution in [0.2, 0.25) is 0 Å². The van der Waals surface area contributed by atoms with Crippen molar-refractivity contribution in [1.29, 1.82) is 0 Å². The van der Waals surface area contributed by atoms with Crippen LogP contribution in [0.1, 0.15) is 145 Å². The van der Waals surface area contributed by atoms with Gasteiger partial charge in [-0.3, -0.25) is 43.6 Å². The summed E-state index contributed by atoms with van der Waals surface area (Å²) < 4.78 is 116. The van der Waals surface area contributed by atoms with Gasteiger partial charge in [-0.2, -0.15) is 0 Å². The van der Waals surface area contributed by atoms with Gasteiger partial charge < -0.3 is 89.5 Å². The quantitative estimate of drug-likeness (QED) is 0.0164. The first kappa shape index (κ1) is 106. The number of carboxylic acids is 1. The molecule has 11 aromatic carbocycles. The molecular formula is C108H94F2N12O25S2. The predicted molar refractivity (Wildman–Crippen MR) is 553 cm³/mol. The van der Waals surface area contributed by atoms with Crippen molar-refractivity contribution in [3.05, 3.63) is 376 Å². The Morgan fingerprint density at radius 1 is 0.430 bits per heavy atom. The fourth-order valence-corrected chi connectivity index (χ4v) is 16.8. The highest BCUT2D eigenvalue weighted by molar-refractivity contribution is 7.91. The summed E-state index contributed by atoms with van der Waals surface area (Å²) in [5.41, 5.74) is 27.0. The van der Waals surface area contributed by atoms with E-state index in [2.05, 4.69) is 46.4 Å². The highest BCUT2D eigenvalue weighted by Gasteiger charge is 2.44. The molecule has 0 unspecified atom stereocenters. The summed E-state index contributed by atoms with van der Waals surface area (Å²) >= 11 is 0. The van der Waals surface area contributed by atoms with Crippen molar-refractivity contribution in [3.8, 4) is 23.0 Å². The maximum Gasteiger partial charge on any atom is 0.586 e. The zero-order valence-electron chi connectivity index (χ0n) is 81.4. The Balaban J connectivity index is 0.000000141. The van der Waals surface area contributed by atoms with Crippen LogP contribution in [0.3, 0.4) is 0 Å². The number of benzene rings is 11. The number of rotatable bonds is 18. The van der Waals surface area contributed by atoms with Crippen molar-refractivity contribution in [3.63, 3.8) is 0 Å². The van der Waals surface area contributed by atoms with E-state index in [4.69, 9.17) is 54.1 Å². The zero-order chi connectivity index (χ0) is 108. The maximum absolute atomic E-state index is 13.1. The Morgan fingerprint density at radius 3 is 1.35 bits per heavy atom. The number of hydrogen-bond acceptors (Lipinski definition) is 26. The van der Waals surface area contributed by atoms with Crippen LogP contribution in [-0.2, 0) is 24.7 Å². The van der Waals surface area contributed by atoms with Crippen molar-refractivity contribution in [1.82, 2.24) is 14.9 Å². The van der Waals surface area contributed by atoms with Gasteiger partial charge >= 0.3 is 23.5 Å². The van der Waals surface area contributed by atoms with E-state index < -0.39 is 84.7 Å². The van der Waals surface area contributed by atoms with Crippen LogP contribution >= 0.6 is 0 Å². The number of carbonyl (C=O) groups is 9. The summed E-state index contributed by atoms with van der Waals surface area (Å²) in [5, 5.41) is 41.2. The number of nitrogens with zero attached hydrogens (tertiary/aromatic N) is 2. The number of anilines is 7. The molecular weight excluding hydrogens is 1970 g/mol. The number of sulfonamides is 1. The molecule has 0 saturated carbocycles. The lowest BCUT2D eigenvalue weighted by molar-refractivity contribution is -0.286. The van der Waals surface area contributed by atoms with Gasteiger partial charge in [0.05, 0.1) is 79.6 Å². The van der Waals surface area contributed by atoms with Gasteiger partial charge in [-0.1, -0.05) is 72.8 Å². The van der Waals surface area contributed by atoms with Gasteiger partial charge in [0, 0.05) is 46.3 Å². The van der Waals surface area contributed by atoms with Crippen LogP contribution in [0.25, 0.3) is 55.6 Å². The van der Waals surface area contributed by atoms with E-state index in [1.165, 1.54) is 108 Å². The van der Waals surface area contributed by atoms with Crippen LogP contribution in [0.15, 0.2) is 286 Å². The summed E-state index contributed by atoms with van der Waals surface area (Å²) in [6.07, 6.45) is 2.49. The molecule has 762 valence electrons. The number of primary amides is 1. The van der Waals surface area contributed by atoms with Crippen molar-refractivity contribution < 1.29 is 116 Å². The third-order valence-corrected chi connectivity index (χ3v) is 25.8. The minimum atomic E-state index is -3.96. The van der Waals surface area contributed by atoms with Crippen LogP contribution in [-0.4, -0.2) is 116 Å². The molecule has 15 N–H and O–H groups in total. The number of fused-ring (bicyclic) bond motifs is 7. The fourth-order valence-electron chi connectivity index (χ4n) is 15.2. The molecule has 8 heterocycles. The lowest BCUT2D eigenvalue weighted by Crippen LogP contribution is -2.25. The highest BCUT2D eigenvalue weighted by Crippen LogP contribution is 2.45. The molecule has 0 aliphatic carbocycles. The van der Waals surface area contributed by atoms with E-state index in [9.17, 15) is 78.4 Å². The molecule has 6 aromatic heterocycles. The monoisotopic (exact) mass is 2060 g/mol. The summed E-state index contributed by atoms with van der Waals surface area (Å²) in [6.45, 7) is 19.6. The maximum atomic E-state index is 13.1. The number of carboxylic acid groups (broad SMARTS) is 1. The SMILES string of the molecule is COc1c(C)c(C)cc2c1C=C(C(=O)Nc1ccccc1S(N)(=O)=O)CO2.CS(=O)(=O)c1ccccc1NC(=O)c1cc2cc3c(cc2o1)OC(F)(F)O3.Cc1cc2cc(C(=O)Nc3ccccc3C(=O)NO)c(=O)oc2cc1C.Cc1cc2cc(C(=O)Nc3ccccc3C(N)=O)c(=O)oc2cc1C.Cc1cc2cc(C(=O)Nc3ccccc3N)oc2cc1C.Cc1cc2nc(C(=O)Nc3ccccc3C(=O)O)cn2cc1C.